The number of nitrogens with zero attached hydrogens (tertiary/aromatic N) is 1. The zero-order valence-corrected chi connectivity index (χ0v) is 16.7. The third-order valence-corrected chi connectivity index (χ3v) is 5.40. The quantitative estimate of drug-likeness (QED) is 0.811. The summed E-state index contributed by atoms with van der Waals surface area (Å²) in [6, 6.07) is 9.73. The fraction of sp³-hybridized carbons (Fsp3) is 0.381. The molecule has 0 bridgehead atoms. The normalized spacial score (nSPS) is 13.1. The summed E-state index contributed by atoms with van der Waals surface area (Å²) in [5.41, 5.74) is 4.30. The average molecular weight is 389 g/mol. The maximum absolute atomic E-state index is 12.6. The van der Waals surface area contributed by atoms with E-state index in [1.54, 1.807) is 14.2 Å². The molecule has 0 saturated carbocycles. The lowest BCUT2D eigenvalue weighted by molar-refractivity contribution is -0.131. The highest BCUT2D eigenvalue weighted by Gasteiger charge is 2.22. The van der Waals surface area contributed by atoms with E-state index in [0.29, 0.717) is 25.3 Å². The van der Waals surface area contributed by atoms with Gasteiger partial charge in [0.2, 0.25) is 5.91 Å². The van der Waals surface area contributed by atoms with Crippen LogP contribution in [0.5, 0.6) is 11.5 Å². The third kappa shape index (κ3) is 4.30. The number of carbonyl (C=O) groups excluding carboxylic acids is 1. The van der Waals surface area contributed by atoms with Gasteiger partial charge < -0.3 is 19.7 Å². The number of benzene rings is 2. The topological polar surface area (TPSA) is 50.8 Å². The van der Waals surface area contributed by atoms with E-state index in [9.17, 15) is 4.79 Å². The maximum Gasteiger partial charge on any atom is 0.224 e. The van der Waals surface area contributed by atoms with Gasteiger partial charge in [-0.3, -0.25) is 4.79 Å². The minimum atomic E-state index is 0.141. The predicted molar refractivity (Wildman–Crippen MR) is 108 cm³/mol. The molecule has 1 heterocycles. The van der Waals surface area contributed by atoms with Crippen molar-refractivity contribution in [1.82, 2.24) is 4.90 Å². The summed E-state index contributed by atoms with van der Waals surface area (Å²) < 4.78 is 10.8. The van der Waals surface area contributed by atoms with Crippen LogP contribution in [0.4, 0.5) is 5.69 Å². The van der Waals surface area contributed by atoms with Crippen molar-refractivity contribution in [3.63, 3.8) is 0 Å². The highest BCUT2D eigenvalue weighted by molar-refractivity contribution is 6.31. The molecule has 0 fully saturated rings. The second kappa shape index (κ2) is 8.53. The Balaban J connectivity index is 1.60. The van der Waals surface area contributed by atoms with Crippen LogP contribution in [0, 0.1) is 6.92 Å². The number of nitrogens with one attached hydrogen (secondary N) is 1. The Hall–Kier alpha value is -2.40. The van der Waals surface area contributed by atoms with Crippen LogP contribution in [0.1, 0.15) is 23.1 Å². The molecular formula is C21H25ClN2O3. The van der Waals surface area contributed by atoms with E-state index in [1.165, 1.54) is 5.56 Å². The first-order chi connectivity index (χ1) is 13.0. The van der Waals surface area contributed by atoms with Crippen molar-refractivity contribution < 1.29 is 14.3 Å². The molecule has 0 aliphatic carbocycles. The van der Waals surface area contributed by atoms with Crippen LogP contribution in [0.15, 0.2) is 30.3 Å². The average Bonchev–Trinajstić information content (AvgIpc) is 2.69. The van der Waals surface area contributed by atoms with Gasteiger partial charge in [-0.05, 0) is 54.3 Å². The van der Waals surface area contributed by atoms with Crippen molar-refractivity contribution in [1.29, 1.82) is 0 Å². The molecule has 0 atom stereocenters. The lowest BCUT2D eigenvalue weighted by Gasteiger charge is -2.30. The largest absolute Gasteiger partial charge is 0.493 e. The molecule has 1 aliphatic heterocycles. The minimum absolute atomic E-state index is 0.141. The lowest BCUT2D eigenvalue weighted by Crippen LogP contribution is -2.36. The van der Waals surface area contributed by atoms with Gasteiger partial charge in [0.05, 0.1) is 14.2 Å². The number of anilines is 1. The number of carbonyl (C=O) groups is 1. The first kappa shape index (κ1) is 19.4. The van der Waals surface area contributed by atoms with Gasteiger partial charge in [0.25, 0.3) is 0 Å². The summed E-state index contributed by atoms with van der Waals surface area (Å²) in [7, 11) is 3.26. The Morgan fingerprint density at radius 1 is 1.19 bits per heavy atom. The Morgan fingerprint density at radius 3 is 2.59 bits per heavy atom. The molecule has 0 radical (unpaired) electrons. The zero-order chi connectivity index (χ0) is 19.4. The van der Waals surface area contributed by atoms with Crippen LogP contribution < -0.4 is 14.8 Å². The molecule has 27 heavy (non-hydrogen) atoms. The van der Waals surface area contributed by atoms with E-state index in [-0.39, 0.29) is 5.91 Å². The molecule has 3 rings (SSSR count). The zero-order valence-electron chi connectivity index (χ0n) is 16.0. The van der Waals surface area contributed by atoms with E-state index >= 15 is 0 Å². The van der Waals surface area contributed by atoms with Gasteiger partial charge in [-0.15, -0.1) is 0 Å². The second-order valence-corrected chi connectivity index (χ2v) is 7.04. The van der Waals surface area contributed by atoms with Crippen molar-refractivity contribution in [3.05, 3.63) is 52.0 Å². The number of ether oxygens (including phenoxy) is 2. The van der Waals surface area contributed by atoms with E-state index < -0.39 is 0 Å². The highest BCUT2D eigenvalue weighted by Crippen LogP contribution is 2.33. The van der Waals surface area contributed by atoms with Crippen molar-refractivity contribution in [3.8, 4) is 11.5 Å². The molecular weight excluding hydrogens is 364 g/mol. The Labute approximate surface area is 165 Å². The van der Waals surface area contributed by atoms with E-state index in [1.807, 2.05) is 42.2 Å². The Bertz CT molecular complexity index is 838. The van der Waals surface area contributed by atoms with Crippen LogP contribution in [0.2, 0.25) is 5.02 Å². The molecule has 1 aliphatic rings. The second-order valence-electron chi connectivity index (χ2n) is 6.63. The van der Waals surface area contributed by atoms with Crippen molar-refractivity contribution in [2.45, 2.75) is 26.3 Å². The number of hydrogen-bond donors (Lipinski definition) is 1. The summed E-state index contributed by atoms with van der Waals surface area (Å²) in [5.74, 6) is 1.57. The summed E-state index contributed by atoms with van der Waals surface area (Å²) in [5, 5.41) is 4.03. The molecule has 0 spiro atoms. The standard InChI is InChI=1S/C21H25ClN2O3/c1-14-17(22)5-4-6-18(14)23-9-7-21(25)24-10-8-15-11-19(26-2)20(27-3)12-16(15)13-24/h4-6,11-12,23H,7-10,13H2,1-3H3. The summed E-state index contributed by atoms with van der Waals surface area (Å²) in [6.07, 6.45) is 1.26. The third-order valence-electron chi connectivity index (χ3n) is 4.99. The molecule has 2 aromatic rings. The van der Waals surface area contributed by atoms with Gasteiger partial charge in [-0.2, -0.15) is 0 Å². The lowest BCUT2D eigenvalue weighted by atomic mass is 9.98. The van der Waals surface area contributed by atoms with E-state index in [0.717, 1.165) is 40.6 Å². The first-order valence-electron chi connectivity index (χ1n) is 9.04. The number of rotatable bonds is 6. The van der Waals surface area contributed by atoms with Crippen LogP contribution in [0.25, 0.3) is 0 Å². The number of methoxy groups -OCH3 is 2. The van der Waals surface area contributed by atoms with Gasteiger partial charge in [-0.1, -0.05) is 17.7 Å². The molecule has 0 unspecified atom stereocenters. The van der Waals surface area contributed by atoms with Crippen LogP contribution in [-0.4, -0.2) is 38.1 Å². The van der Waals surface area contributed by atoms with Crippen LogP contribution >= 0.6 is 11.6 Å². The number of halogens is 1. The monoisotopic (exact) mass is 388 g/mol. The summed E-state index contributed by atoms with van der Waals surface area (Å²) in [4.78, 5) is 14.5. The fourth-order valence-corrected chi connectivity index (χ4v) is 3.53. The number of hydrogen-bond acceptors (Lipinski definition) is 4. The minimum Gasteiger partial charge on any atom is -0.493 e. The SMILES string of the molecule is COc1cc2c(cc1OC)CN(C(=O)CCNc1cccc(Cl)c1C)CC2. The van der Waals surface area contributed by atoms with Crippen molar-refractivity contribution >= 4 is 23.2 Å². The fourth-order valence-electron chi connectivity index (χ4n) is 3.36. The molecule has 0 saturated heterocycles. The van der Waals surface area contributed by atoms with Crippen molar-refractivity contribution in [2.75, 3.05) is 32.6 Å². The van der Waals surface area contributed by atoms with Gasteiger partial charge in [0.15, 0.2) is 11.5 Å². The molecule has 1 N–H and O–H groups in total. The van der Waals surface area contributed by atoms with Crippen LogP contribution in [0.3, 0.4) is 0 Å². The first-order valence-corrected chi connectivity index (χ1v) is 9.41. The number of amides is 1. The maximum atomic E-state index is 12.6. The summed E-state index contributed by atoms with van der Waals surface area (Å²) >= 11 is 6.14. The summed E-state index contributed by atoms with van der Waals surface area (Å²) in [6.45, 7) is 3.87. The van der Waals surface area contributed by atoms with Crippen LogP contribution in [-0.2, 0) is 17.8 Å². The molecule has 1 amide bonds. The molecule has 144 valence electrons. The van der Waals surface area contributed by atoms with Gasteiger partial charge >= 0.3 is 0 Å². The van der Waals surface area contributed by atoms with Gasteiger partial charge in [0.1, 0.15) is 0 Å². The van der Waals surface area contributed by atoms with E-state index in [4.69, 9.17) is 21.1 Å². The molecule has 0 aromatic heterocycles. The van der Waals surface area contributed by atoms with Crippen molar-refractivity contribution in [2.24, 2.45) is 0 Å². The van der Waals surface area contributed by atoms with E-state index in [2.05, 4.69) is 5.32 Å². The van der Waals surface area contributed by atoms with Gasteiger partial charge in [0, 0.05) is 36.8 Å². The number of fused-ring (bicyclic) bond motifs is 1. The highest BCUT2D eigenvalue weighted by atomic mass is 35.5. The Kier molecular flexibility index (Phi) is 6.11. The molecule has 6 heteroatoms. The Morgan fingerprint density at radius 2 is 1.89 bits per heavy atom. The smallest absolute Gasteiger partial charge is 0.224 e. The molecule has 2 aromatic carbocycles. The van der Waals surface area contributed by atoms with Gasteiger partial charge in [-0.25, -0.2) is 0 Å². The predicted octanol–water partition coefficient (Wildman–Crippen LogP) is 4.05. The molecule has 5 nitrogen and oxygen atoms in total.